The number of hydrogen-bond donors (Lipinski definition) is 3. The topological polar surface area (TPSA) is 87.3 Å². The summed E-state index contributed by atoms with van der Waals surface area (Å²) in [5.41, 5.74) is 2.87. The van der Waals surface area contributed by atoms with Gasteiger partial charge in [0.25, 0.3) is 17.7 Å². The van der Waals surface area contributed by atoms with Crippen molar-refractivity contribution < 1.29 is 14.4 Å². The third-order valence-corrected chi connectivity index (χ3v) is 5.91. The predicted octanol–water partition coefficient (Wildman–Crippen LogP) is 4.14. The van der Waals surface area contributed by atoms with Crippen molar-refractivity contribution in [2.45, 2.75) is 39.4 Å². The lowest BCUT2D eigenvalue weighted by atomic mass is 10.1. The molecule has 166 valence electrons. The van der Waals surface area contributed by atoms with Gasteiger partial charge in [-0.05, 0) is 60.2 Å². The monoisotopic (exact) mass is 449 g/mol. The van der Waals surface area contributed by atoms with Crippen LogP contribution in [0, 0.1) is 0 Å². The molecule has 0 fully saturated rings. The van der Waals surface area contributed by atoms with Crippen molar-refractivity contribution in [3.8, 4) is 0 Å². The summed E-state index contributed by atoms with van der Waals surface area (Å²) in [6.07, 6.45) is 0.862. The first kappa shape index (κ1) is 23.2. The van der Waals surface area contributed by atoms with Crippen molar-refractivity contribution in [2.24, 2.45) is 0 Å². The zero-order chi connectivity index (χ0) is 22.9. The van der Waals surface area contributed by atoms with E-state index in [0.717, 1.165) is 17.5 Å². The molecule has 3 amide bonds. The van der Waals surface area contributed by atoms with E-state index >= 15 is 0 Å². The molecule has 6 nitrogen and oxygen atoms in total. The molecule has 1 unspecified atom stereocenters. The molecule has 0 saturated carbocycles. The molecular weight excluding hydrogens is 422 g/mol. The van der Waals surface area contributed by atoms with E-state index in [1.807, 2.05) is 49.6 Å². The maximum Gasteiger partial charge on any atom is 0.261 e. The first-order valence-electron chi connectivity index (χ1n) is 10.5. The largest absolute Gasteiger partial charge is 0.350 e. The Morgan fingerprint density at radius 3 is 2.22 bits per heavy atom. The van der Waals surface area contributed by atoms with Gasteiger partial charge in [0, 0.05) is 30.3 Å². The number of amides is 3. The number of nitrogens with one attached hydrogen (secondary N) is 3. The fourth-order valence-electron chi connectivity index (χ4n) is 2.97. The molecule has 0 spiro atoms. The highest BCUT2D eigenvalue weighted by molar-refractivity contribution is 7.12. The summed E-state index contributed by atoms with van der Waals surface area (Å²) >= 11 is 1.39. The number of thiophene rings is 1. The Balaban J connectivity index is 1.51. The second-order valence-electron chi connectivity index (χ2n) is 7.52. The second kappa shape index (κ2) is 11.2. The van der Waals surface area contributed by atoms with E-state index in [9.17, 15) is 14.4 Å². The molecule has 1 aromatic heterocycles. The summed E-state index contributed by atoms with van der Waals surface area (Å²) in [5, 5.41) is 10.6. The fraction of sp³-hybridized carbons (Fsp3) is 0.240. The maximum absolute atomic E-state index is 12.5. The normalized spacial score (nSPS) is 11.4. The molecule has 32 heavy (non-hydrogen) atoms. The van der Waals surface area contributed by atoms with Crippen LogP contribution in [-0.4, -0.2) is 23.8 Å². The first-order valence-corrected chi connectivity index (χ1v) is 11.4. The standard InChI is InChI=1S/C25H27N3O3S/c1-3-17(2)28-24(30)21-7-4-6-19(14-21)16-26-23(29)20-11-9-18(10-12-20)15-27-25(31)22-8-5-13-32-22/h4-14,17H,3,15-16H2,1-2H3,(H,26,29)(H,27,31)(H,28,30). The molecule has 1 heterocycles. The van der Waals surface area contributed by atoms with Gasteiger partial charge in [-0.2, -0.15) is 0 Å². The highest BCUT2D eigenvalue weighted by Gasteiger charge is 2.11. The Bertz CT molecular complexity index is 1060. The van der Waals surface area contributed by atoms with Gasteiger partial charge in [0.1, 0.15) is 0 Å². The SMILES string of the molecule is CCC(C)NC(=O)c1cccc(CNC(=O)c2ccc(CNC(=O)c3cccs3)cc2)c1. The Hall–Kier alpha value is -3.45. The van der Waals surface area contributed by atoms with Crippen LogP contribution >= 0.6 is 11.3 Å². The van der Waals surface area contributed by atoms with Gasteiger partial charge in [-0.3, -0.25) is 14.4 Å². The van der Waals surface area contributed by atoms with Crippen LogP contribution in [0.3, 0.4) is 0 Å². The molecule has 0 bridgehead atoms. The molecule has 3 aromatic rings. The Labute approximate surface area is 192 Å². The third-order valence-electron chi connectivity index (χ3n) is 5.05. The van der Waals surface area contributed by atoms with Crippen LogP contribution in [0.15, 0.2) is 66.0 Å². The lowest BCUT2D eigenvalue weighted by molar-refractivity contribution is 0.0935. The average Bonchev–Trinajstić information content (AvgIpc) is 3.36. The highest BCUT2D eigenvalue weighted by Crippen LogP contribution is 2.10. The molecule has 3 N–H and O–H groups in total. The Morgan fingerprint density at radius 2 is 1.53 bits per heavy atom. The molecule has 0 radical (unpaired) electrons. The zero-order valence-corrected chi connectivity index (χ0v) is 19.0. The fourth-order valence-corrected chi connectivity index (χ4v) is 3.61. The van der Waals surface area contributed by atoms with Gasteiger partial charge in [-0.25, -0.2) is 0 Å². The van der Waals surface area contributed by atoms with Crippen LogP contribution in [0.2, 0.25) is 0 Å². The number of hydrogen-bond acceptors (Lipinski definition) is 4. The minimum atomic E-state index is -0.200. The van der Waals surface area contributed by atoms with Gasteiger partial charge in [-0.1, -0.05) is 37.3 Å². The van der Waals surface area contributed by atoms with Crippen molar-refractivity contribution in [1.82, 2.24) is 16.0 Å². The number of carbonyl (C=O) groups excluding carboxylic acids is 3. The lowest BCUT2D eigenvalue weighted by Crippen LogP contribution is -2.32. The molecule has 7 heteroatoms. The number of benzene rings is 2. The smallest absolute Gasteiger partial charge is 0.261 e. The average molecular weight is 450 g/mol. The van der Waals surface area contributed by atoms with Gasteiger partial charge in [0.2, 0.25) is 0 Å². The molecule has 0 aliphatic heterocycles. The van der Waals surface area contributed by atoms with E-state index in [1.165, 1.54) is 11.3 Å². The van der Waals surface area contributed by atoms with Crippen LogP contribution in [0.25, 0.3) is 0 Å². The van der Waals surface area contributed by atoms with E-state index in [2.05, 4.69) is 16.0 Å². The second-order valence-corrected chi connectivity index (χ2v) is 8.47. The highest BCUT2D eigenvalue weighted by atomic mass is 32.1. The third kappa shape index (κ3) is 6.52. The summed E-state index contributed by atoms with van der Waals surface area (Å²) in [4.78, 5) is 37.5. The van der Waals surface area contributed by atoms with Crippen molar-refractivity contribution in [1.29, 1.82) is 0 Å². The van der Waals surface area contributed by atoms with E-state index in [-0.39, 0.29) is 23.8 Å². The predicted molar refractivity (Wildman–Crippen MR) is 127 cm³/mol. The van der Waals surface area contributed by atoms with E-state index in [1.54, 1.807) is 30.3 Å². The summed E-state index contributed by atoms with van der Waals surface area (Å²) < 4.78 is 0. The van der Waals surface area contributed by atoms with E-state index in [4.69, 9.17) is 0 Å². The summed E-state index contributed by atoms with van der Waals surface area (Å²) in [6.45, 7) is 4.70. The van der Waals surface area contributed by atoms with Gasteiger partial charge < -0.3 is 16.0 Å². The van der Waals surface area contributed by atoms with Crippen molar-refractivity contribution in [2.75, 3.05) is 0 Å². The van der Waals surface area contributed by atoms with Crippen molar-refractivity contribution >= 4 is 29.1 Å². The van der Waals surface area contributed by atoms with Gasteiger partial charge in [-0.15, -0.1) is 11.3 Å². The molecule has 1 atom stereocenters. The van der Waals surface area contributed by atoms with Gasteiger partial charge >= 0.3 is 0 Å². The van der Waals surface area contributed by atoms with Crippen LogP contribution in [-0.2, 0) is 13.1 Å². The summed E-state index contributed by atoms with van der Waals surface area (Å²) in [6, 6.07) is 18.1. The zero-order valence-electron chi connectivity index (χ0n) is 18.2. The summed E-state index contributed by atoms with van der Waals surface area (Å²) in [7, 11) is 0. The van der Waals surface area contributed by atoms with E-state index < -0.39 is 0 Å². The van der Waals surface area contributed by atoms with Gasteiger partial charge in [0.05, 0.1) is 4.88 Å². The van der Waals surface area contributed by atoms with Crippen molar-refractivity contribution in [3.63, 3.8) is 0 Å². The van der Waals surface area contributed by atoms with Crippen LogP contribution in [0.4, 0.5) is 0 Å². The van der Waals surface area contributed by atoms with Crippen LogP contribution in [0.5, 0.6) is 0 Å². The quantitative estimate of drug-likeness (QED) is 0.459. The molecule has 0 aliphatic rings. The van der Waals surface area contributed by atoms with Crippen molar-refractivity contribution in [3.05, 3.63) is 93.2 Å². The molecule has 0 aliphatic carbocycles. The molecule has 0 saturated heterocycles. The number of rotatable bonds is 9. The molecule has 3 rings (SSSR count). The summed E-state index contributed by atoms with van der Waals surface area (Å²) in [5.74, 6) is -0.426. The lowest BCUT2D eigenvalue weighted by Gasteiger charge is -2.12. The molecular formula is C25H27N3O3S. The van der Waals surface area contributed by atoms with Crippen LogP contribution in [0.1, 0.15) is 61.8 Å². The number of carbonyl (C=O) groups is 3. The van der Waals surface area contributed by atoms with Gasteiger partial charge in [0.15, 0.2) is 0 Å². The molecule has 2 aromatic carbocycles. The van der Waals surface area contributed by atoms with Crippen LogP contribution < -0.4 is 16.0 Å². The first-order chi connectivity index (χ1) is 15.5. The Morgan fingerprint density at radius 1 is 0.812 bits per heavy atom. The minimum absolute atomic E-state index is 0.109. The maximum atomic E-state index is 12.5. The minimum Gasteiger partial charge on any atom is -0.350 e. The van der Waals surface area contributed by atoms with E-state index in [0.29, 0.717) is 29.1 Å². The Kier molecular flexibility index (Phi) is 8.16.